The number of amides is 2. The molecule has 2 aromatic rings. The highest BCUT2D eigenvalue weighted by atomic mass is 16.1. The minimum absolute atomic E-state index is 0.187. The molecular weight excluding hydrogens is 300 g/mol. The molecule has 126 valence electrons. The van der Waals surface area contributed by atoms with Gasteiger partial charge in [-0.25, -0.2) is 0 Å². The Labute approximate surface area is 142 Å². The van der Waals surface area contributed by atoms with Gasteiger partial charge in [-0.05, 0) is 47.1 Å². The minimum Gasteiger partial charge on any atom is -0.366 e. The standard InChI is InChI=1S/C20H24N2O2/c1-12(2)17-6-4-5-16(18(17)20(22)24)11-13(3)14-7-9-15(10-8-14)19(21)23/h4-10,12-13H,11H2,1-3H3,(H2,21,23)(H2,22,24). The van der Waals surface area contributed by atoms with Crippen molar-refractivity contribution in [2.24, 2.45) is 11.5 Å². The topological polar surface area (TPSA) is 86.2 Å². The molecule has 2 amide bonds. The third kappa shape index (κ3) is 3.82. The number of hydrogen-bond acceptors (Lipinski definition) is 2. The zero-order chi connectivity index (χ0) is 17.9. The third-order valence-electron chi connectivity index (χ3n) is 4.34. The van der Waals surface area contributed by atoms with E-state index >= 15 is 0 Å². The molecule has 0 aliphatic rings. The molecule has 4 N–H and O–H groups in total. The van der Waals surface area contributed by atoms with Gasteiger partial charge in [0.15, 0.2) is 0 Å². The molecule has 24 heavy (non-hydrogen) atoms. The molecule has 0 saturated heterocycles. The molecule has 1 atom stereocenters. The van der Waals surface area contributed by atoms with Crippen LogP contribution in [-0.2, 0) is 6.42 Å². The fourth-order valence-electron chi connectivity index (χ4n) is 3.00. The summed E-state index contributed by atoms with van der Waals surface area (Å²) in [6.45, 7) is 6.20. The van der Waals surface area contributed by atoms with Crippen LogP contribution in [0.5, 0.6) is 0 Å². The van der Waals surface area contributed by atoms with Crippen LogP contribution >= 0.6 is 0 Å². The maximum absolute atomic E-state index is 12.0. The molecule has 1 unspecified atom stereocenters. The number of primary amides is 2. The lowest BCUT2D eigenvalue weighted by atomic mass is 9.86. The van der Waals surface area contributed by atoms with Gasteiger partial charge in [-0.2, -0.15) is 0 Å². The van der Waals surface area contributed by atoms with Gasteiger partial charge in [0.25, 0.3) is 0 Å². The van der Waals surface area contributed by atoms with Crippen molar-refractivity contribution in [3.63, 3.8) is 0 Å². The molecule has 0 aliphatic carbocycles. The van der Waals surface area contributed by atoms with Crippen LogP contribution in [0.4, 0.5) is 0 Å². The summed E-state index contributed by atoms with van der Waals surface area (Å²) in [6.07, 6.45) is 0.703. The van der Waals surface area contributed by atoms with E-state index in [9.17, 15) is 9.59 Å². The maximum Gasteiger partial charge on any atom is 0.249 e. The average Bonchev–Trinajstić information content (AvgIpc) is 2.54. The molecule has 0 heterocycles. The fourth-order valence-corrected chi connectivity index (χ4v) is 3.00. The Morgan fingerprint density at radius 1 is 0.917 bits per heavy atom. The molecule has 0 saturated carbocycles. The Morgan fingerprint density at radius 2 is 1.54 bits per heavy atom. The highest BCUT2D eigenvalue weighted by molar-refractivity contribution is 5.96. The lowest BCUT2D eigenvalue weighted by Crippen LogP contribution is -2.18. The van der Waals surface area contributed by atoms with E-state index in [1.165, 1.54) is 0 Å². The number of carbonyl (C=O) groups is 2. The lowest BCUT2D eigenvalue weighted by molar-refractivity contribution is 0.0990. The Hall–Kier alpha value is -2.62. The molecule has 2 aromatic carbocycles. The number of hydrogen-bond donors (Lipinski definition) is 2. The smallest absolute Gasteiger partial charge is 0.249 e. The molecule has 4 nitrogen and oxygen atoms in total. The van der Waals surface area contributed by atoms with E-state index < -0.39 is 5.91 Å². The molecule has 2 rings (SSSR count). The fraction of sp³-hybridized carbons (Fsp3) is 0.300. The number of carbonyl (C=O) groups excluding carboxylic acids is 2. The highest BCUT2D eigenvalue weighted by Gasteiger charge is 2.18. The van der Waals surface area contributed by atoms with Crippen LogP contribution in [0.2, 0.25) is 0 Å². The summed E-state index contributed by atoms with van der Waals surface area (Å²) in [4.78, 5) is 23.1. The second-order valence-corrected chi connectivity index (χ2v) is 6.49. The van der Waals surface area contributed by atoms with Crippen LogP contribution in [0.15, 0.2) is 42.5 Å². The van der Waals surface area contributed by atoms with Crippen LogP contribution in [0, 0.1) is 0 Å². The van der Waals surface area contributed by atoms with Crippen molar-refractivity contribution in [2.75, 3.05) is 0 Å². The Balaban J connectivity index is 2.31. The first kappa shape index (κ1) is 17.7. The van der Waals surface area contributed by atoms with Crippen molar-refractivity contribution < 1.29 is 9.59 Å². The van der Waals surface area contributed by atoms with Gasteiger partial charge >= 0.3 is 0 Å². The average molecular weight is 324 g/mol. The lowest BCUT2D eigenvalue weighted by Gasteiger charge is -2.18. The van der Waals surface area contributed by atoms with Gasteiger partial charge in [0.1, 0.15) is 0 Å². The van der Waals surface area contributed by atoms with Crippen molar-refractivity contribution in [1.82, 2.24) is 0 Å². The summed E-state index contributed by atoms with van der Waals surface area (Å²) < 4.78 is 0. The quantitative estimate of drug-likeness (QED) is 0.853. The summed E-state index contributed by atoms with van der Waals surface area (Å²) >= 11 is 0. The zero-order valence-corrected chi connectivity index (χ0v) is 14.4. The van der Waals surface area contributed by atoms with E-state index in [0.717, 1.165) is 16.7 Å². The van der Waals surface area contributed by atoms with Crippen molar-refractivity contribution in [3.05, 3.63) is 70.3 Å². The Kier molecular flexibility index (Phi) is 5.39. The highest BCUT2D eigenvalue weighted by Crippen LogP contribution is 2.27. The maximum atomic E-state index is 12.0. The van der Waals surface area contributed by atoms with Gasteiger partial charge < -0.3 is 11.5 Å². The molecule has 0 aromatic heterocycles. The van der Waals surface area contributed by atoms with Crippen molar-refractivity contribution in [1.29, 1.82) is 0 Å². The molecule has 0 aliphatic heterocycles. The van der Waals surface area contributed by atoms with Gasteiger partial charge in [0, 0.05) is 11.1 Å². The summed E-state index contributed by atoms with van der Waals surface area (Å²) in [6, 6.07) is 13.2. The van der Waals surface area contributed by atoms with E-state index in [0.29, 0.717) is 17.5 Å². The van der Waals surface area contributed by atoms with Gasteiger partial charge in [0.2, 0.25) is 11.8 Å². The Morgan fingerprint density at radius 3 is 2.04 bits per heavy atom. The van der Waals surface area contributed by atoms with Crippen LogP contribution in [0.3, 0.4) is 0 Å². The van der Waals surface area contributed by atoms with E-state index in [1.807, 2.05) is 30.3 Å². The van der Waals surface area contributed by atoms with Gasteiger partial charge in [-0.3, -0.25) is 9.59 Å². The van der Waals surface area contributed by atoms with Gasteiger partial charge in [-0.1, -0.05) is 51.1 Å². The van der Waals surface area contributed by atoms with E-state index in [-0.39, 0.29) is 17.7 Å². The summed E-state index contributed by atoms with van der Waals surface area (Å²) in [5.74, 6) is -0.398. The molecule has 0 bridgehead atoms. The molecule has 0 spiro atoms. The van der Waals surface area contributed by atoms with Crippen molar-refractivity contribution in [3.8, 4) is 0 Å². The molecule has 0 radical (unpaired) electrons. The normalized spacial score (nSPS) is 12.2. The van der Waals surface area contributed by atoms with Gasteiger partial charge in [0.05, 0.1) is 0 Å². The summed E-state index contributed by atoms with van der Waals surface area (Å²) in [7, 11) is 0. The van der Waals surface area contributed by atoms with Crippen molar-refractivity contribution in [2.45, 2.75) is 39.0 Å². The molecule has 4 heteroatoms. The second-order valence-electron chi connectivity index (χ2n) is 6.49. The van der Waals surface area contributed by atoms with Gasteiger partial charge in [-0.15, -0.1) is 0 Å². The second kappa shape index (κ2) is 7.30. The third-order valence-corrected chi connectivity index (χ3v) is 4.34. The van der Waals surface area contributed by atoms with E-state index in [1.54, 1.807) is 12.1 Å². The SMILES string of the molecule is CC(C)c1cccc(CC(C)c2ccc(C(N)=O)cc2)c1C(N)=O. The molecule has 0 fully saturated rings. The van der Waals surface area contributed by atoms with Crippen molar-refractivity contribution >= 4 is 11.8 Å². The minimum atomic E-state index is -0.435. The van der Waals surface area contributed by atoms with Crippen LogP contribution < -0.4 is 11.5 Å². The number of rotatable bonds is 6. The number of benzene rings is 2. The number of nitrogens with two attached hydrogens (primary N) is 2. The van der Waals surface area contributed by atoms with E-state index in [4.69, 9.17) is 11.5 Å². The van der Waals surface area contributed by atoms with Crippen LogP contribution in [0.1, 0.15) is 70.0 Å². The van der Waals surface area contributed by atoms with Crippen LogP contribution in [0.25, 0.3) is 0 Å². The molecular formula is C20H24N2O2. The first-order valence-electron chi connectivity index (χ1n) is 8.12. The first-order chi connectivity index (χ1) is 11.3. The summed E-state index contributed by atoms with van der Waals surface area (Å²) in [5.41, 5.74) is 15.1. The van der Waals surface area contributed by atoms with Crippen LogP contribution in [-0.4, -0.2) is 11.8 Å². The predicted octanol–water partition coefficient (Wildman–Crippen LogP) is 3.35. The first-order valence-corrected chi connectivity index (χ1v) is 8.12. The largest absolute Gasteiger partial charge is 0.366 e. The summed E-state index contributed by atoms with van der Waals surface area (Å²) in [5, 5.41) is 0. The monoisotopic (exact) mass is 324 g/mol. The van der Waals surface area contributed by atoms with E-state index in [2.05, 4.69) is 20.8 Å². The Bertz CT molecular complexity index is 749. The predicted molar refractivity (Wildman–Crippen MR) is 96.1 cm³/mol. The zero-order valence-electron chi connectivity index (χ0n) is 14.4.